The maximum atomic E-state index is 13.4. The molecule has 1 aliphatic carbocycles. The number of nitrogens with one attached hydrogen (secondary N) is 1. The van der Waals surface area contributed by atoms with Crippen molar-refractivity contribution >= 4 is 38.5 Å². The number of benzene rings is 2. The first-order chi connectivity index (χ1) is 23.2. The smallest absolute Gasteiger partial charge is 0.264 e. The topological polar surface area (TPSA) is 125 Å². The van der Waals surface area contributed by atoms with Crippen LogP contribution in [0.15, 0.2) is 42.6 Å². The van der Waals surface area contributed by atoms with E-state index in [0.717, 1.165) is 70.4 Å². The number of aliphatic hydroxyl groups is 1. The standard InChI is InChI=1S/C38H48N4O6S/c1-8-48-37(44)31-21-39-42(38(4,5)6)34(31)27-18-26-19-28(47-7)15-17-29(26)35-33(24-12-10-9-11-13-24)30-16-14-25(20-32(30)41(35)22-27)36(43)40-49(45,46)23(2)3/h14-21,23-24,37,44H,8-13,22H2,1-7H3,(H,40,43). The summed E-state index contributed by atoms with van der Waals surface area (Å²) in [5, 5.41) is 16.3. The van der Waals surface area contributed by atoms with Crippen LogP contribution in [0, 0.1) is 0 Å². The predicted molar refractivity (Wildman–Crippen MR) is 193 cm³/mol. The summed E-state index contributed by atoms with van der Waals surface area (Å²) in [4.78, 5) is 13.4. The third kappa shape index (κ3) is 6.56. The van der Waals surface area contributed by atoms with Gasteiger partial charge in [0.25, 0.3) is 5.91 Å². The van der Waals surface area contributed by atoms with Crippen LogP contribution in [0.3, 0.4) is 0 Å². The van der Waals surface area contributed by atoms with Gasteiger partial charge in [-0.25, -0.2) is 13.1 Å². The normalized spacial score (nSPS) is 16.2. The number of rotatable bonds is 9. The Balaban J connectivity index is 1.65. The number of allylic oxidation sites excluding steroid dienone is 1. The average Bonchev–Trinajstić information content (AvgIpc) is 3.60. The molecule has 0 bridgehead atoms. The van der Waals surface area contributed by atoms with Gasteiger partial charge in [0.15, 0.2) is 6.29 Å². The van der Waals surface area contributed by atoms with Crippen molar-refractivity contribution in [2.75, 3.05) is 13.7 Å². The SMILES string of the molecule is CCOC(O)c1cnn(C(C)(C)C)c1C1=Cc2cc(OC)ccc2-c2c(C3CCCCC3)c3ccc(C(=O)NS(=O)(=O)C(C)C)cc3n2C1. The summed E-state index contributed by atoms with van der Waals surface area (Å²) in [5.41, 5.74) is 7.24. The van der Waals surface area contributed by atoms with Gasteiger partial charge in [0.1, 0.15) is 5.75 Å². The van der Waals surface area contributed by atoms with Crippen LogP contribution in [0.2, 0.25) is 0 Å². The first kappa shape index (κ1) is 34.9. The van der Waals surface area contributed by atoms with Crippen molar-refractivity contribution in [3.05, 3.63) is 70.5 Å². The van der Waals surface area contributed by atoms with E-state index >= 15 is 0 Å². The van der Waals surface area contributed by atoms with E-state index in [4.69, 9.17) is 14.6 Å². The van der Waals surface area contributed by atoms with Gasteiger partial charge in [0, 0.05) is 28.6 Å². The first-order valence-electron chi connectivity index (χ1n) is 17.2. The Labute approximate surface area is 289 Å². The number of amides is 1. The lowest BCUT2D eigenvalue weighted by Gasteiger charge is -2.25. The largest absolute Gasteiger partial charge is 0.497 e. The monoisotopic (exact) mass is 688 g/mol. The van der Waals surface area contributed by atoms with Crippen LogP contribution >= 0.6 is 0 Å². The molecule has 10 nitrogen and oxygen atoms in total. The Morgan fingerprint density at radius 2 is 1.82 bits per heavy atom. The van der Waals surface area contributed by atoms with Gasteiger partial charge in [0.05, 0.1) is 47.6 Å². The minimum absolute atomic E-state index is 0.268. The van der Waals surface area contributed by atoms with Gasteiger partial charge in [-0.2, -0.15) is 5.10 Å². The molecule has 11 heteroatoms. The number of fused-ring (bicyclic) bond motifs is 5. The summed E-state index contributed by atoms with van der Waals surface area (Å²) in [6.07, 6.45) is 8.28. The molecule has 4 aromatic rings. The van der Waals surface area contributed by atoms with Crippen molar-refractivity contribution in [3.63, 3.8) is 0 Å². The Kier molecular flexibility index (Phi) is 9.56. The van der Waals surface area contributed by atoms with Gasteiger partial charge in [-0.15, -0.1) is 0 Å². The Bertz CT molecular complexity index is 2030. The number of carbonyl (C=O) groups is 1. The van der Waals surface area contributed by atoms with Crippen molar-refractivity contribution in [2.45, 2.75) is 103 Å². The van der Waals surface area contributed by atoms with Crippen LogP contribution in [0.5, 0.6) is 5.75 Å². The Morgan fingerprint density at radius 1 is 1.08 bits per heavy atom. The molecule has 2 N–H and O–H groups in total. The van der Waals surface area contributed by atoms with Gasteiger partial charge in [-0.3, -0.25) is 9.48 Å². The zero-order valence-corrected chi connectivity index (χ0v) is 30.4. The molecule has 1 fully saturated rings. The molecular weight excluding hydrogens is 641 g/mol. The van der Waals surface area contributed by atoms with Gasteiger partial charge in [0.2, 0.25) is 10.0 Å². The number of ether oxygens (including phenoxy) is 2. The fourth-order valence-electron chi connectivity index (χ4n) is 7.25. The molecule has 1 amide bonds. The molecule has 3 heterocycles. The van der Waals surface area contributed by atoms with E-state index in [0.29, 0.717) is 24.6 Å². The number of methoxy groups -OCH3 is 1. The molecule has 0 radical (unpaired) electrons. The molecular formula is C38H48N4O6S. The molecule has 0 spiro atoms. The second kappa shape index (κ2) is 13.4. The van der Waals surface area contributed by atoms with Crippen LogP contribution in [-0.2, 0) is 26.8 Å². The van der Waals surface area contributed by atoms with E-state index in [1.807, 2.05) is 35.9 Å². The first-order valence-corrected chi connectivity index (χ1v) is 18.8. The van der Waals surface area contributed by atoms with Crippen molar-refractivity contribution < 1.29 is 27.8 Å². The maximum absolute atomic E-state index is 13.4. The number of sulfonamides is 1. The minimum atomic E-state index is -3.83. The van der Waals surface area contributed by atoms with Gasteiger partial charge in [-0.1, -0.05) is 25.3 Å². The van der Waals surface area contributed by atoms with Crippen LogP contribution < -0.4 is 9.46 Å². The highest BCUT2D eigenvalue weighted by Crippen LogP contribution is 2.48. The highest BCUT2D eigenvalue weighted by Gasteiger charge is 2.33. The van der Waals surface area contributed by atoms with E-state index in [9.17, 15) is 18.3 Å². The number of hydrogen-bond donors (Lipinski definition) is 2. The number of aliphatic hydroxyl groups excluding tert-OH is 1. The van der Waals surface area contributed by atoms with Crippen LogP contribution in [0.1, 0.15) is 119 Å². The van der Waals surface area contributed by atoms with Crippen molar-refractivity contribution in [3.8, 4) is 17.0 Å². The highest BCUT2D eigenvalue weighted by atomic mass is 32.2. The summed E-state index contributed by atoms with van der Waals surface area (Å²) < 4.78 is 43.2. The summed E-state index contributed by atoms with van der Waals surface area (Å²) >= 11 is 0. The van der Waals surface area contributed by atoms with E-state index in [2.05, 4.69) is 42.2 Å². The average molecular weight is 689 g/mol. The number of aromatic nitrogens is 3. The molecule has 49 heavy (non-hydrogen) atoms. The summed E-state index contributed by atoms with van der Waals surface area (Å²) in [6.45, 7) is 11.9. The van der Waals surface area contributed by atoms with Crippen molar-refractivity contribution in [1.82, 2.24) is 19.1 Å². The molecule has 1 unspecified atom stereocenters. The highest BCUT2D eigenvalue weighted by molar-refractivity contribution is 7.90. The van der Waals surface area contributed by atoms with Crippen molar-refractivity contribution in [2.24, 2.45) is 0 Å². The summed E-state index contributed by atoms with van der Waals surface area (Å²) in [7, 11) is -2.17. The lowest BCUT2D eigenvalue weighted by Crippen LogP contribution is -2.35. The fraction of sp³-hybridized carbons (Fsp3) is 0.474. The Hall–Kier alpha value is -3.93. The molecule has 0 saturated heterocycles. The third-order valence-corrected chi connectivity index (χ3v) is 11.4. The predicted octanol–water partition coefficient (Wildman–Crippen LogP) is 7.37. The van der Waals surface area contributed by atoms with E-state index < -0.39 is 33.0 Å². The zero-order chi connectivity index (χ0) is 35.2. The molecule has 1 aliphatic heterocycles. The molecule has 1 saturated carbocycles. The second-order valence-electron chi connectivity index (χ2n) is 14.4. The summed E-state index contributed by atoms with van der Waals surface area (Å²) in [5.74, 6) is 0.385. The summed E-state index contributed by atoms with van der Waals surface area (Å²) in [6, 6.07) is 11.7. The molecule has 2 aromatic carbocycles. The van der Waals surface area contributed by atoms with Crippen LogP contribution in [-0.4, -0.2) is 52.7 Å². The number of nitrogens with zero attached hydrogens (tertiary/aromatic N) is 3. The number of carbonyl (C=O) groups excluding carboxylic acids is 1. The van der Waals surface area contributed by atoms with Gasteiger partial charge >= 0.3 is 0 Å². The van der Waals surface area contributed by atoms with Crippen molar-refractivity contribution in [1.29, 1.82) is 0 Å². The van der Waals surface area contributed by atoms with Crippen LogP contribution in [0.25, 0.3) is 33.8 Å². The van der Waals surface area contributed by atoms with Crippen LogP contribution in [0.4, 0.5) is 0 Å². The molecule has 2 aliphatic rings. The van der Waals surface area contributed by atoms with E-state index in [1.54, 1.807) is 33.2 Å². The minimum Gasteiger partial charge on any atom is -0.497 e. The zero-order valence-electron chi connectivity index (χ0n) is 29.5. The molecule has 2 aromatic heterocycles. The van der Waals surface area contributed by atoms with E-state index in [-0.39, 0.29) is 5.56 Å². The molecule has 1 atom stereocenters. The third-order valence-electron chi connectivity index (χ3n) is 9.73. The maximum Gasteiger partial charge on any atom is 0.264 e. The van der Waals surface area contributed by atoms with Gasteiger partial charge in [-0.05, 0) is 113 Å². The quantitative estimate of drug-likeness (QED) is 0.176. The second-order valence-corrected chi connectivity index (χ2v) is 16.6. The van der Waals surface area contributed by atoms with E-state index in [1.165, 1.54) is 12.0 Å². The fourth-order valence-corrected chi connectivity index (χ4v) is 7.86. The lowest BCUT2D eigenvalue weighted by molar-refractivity contribution is -0.0982. The molecule has 262 valence electrons. The number of hydrogen-bond acceptors (Lipinski definition) is 7. The lowest BCUT2D eigenvalue weighted by atomic mass is 9.81. The van der Waals surface area contributed by atoms with Gasteiger partial charge < -0.3 is 19.1 Å². The molecule has 6 rings (SSSR count). The Morgan fingerprint density at radius 3 is 2.47 bits per heavy atom.